The average Bonchev–Trinajstić information content (AvgIpc) is 2.82. The fraction of sp³-hybridized carbons (Fsp3) is 0.259. The van der Waals surface area contributed by atoms with Gasteiger partial charge in [-0.2, -0.15) is 0 Å². The van der Waals surface area contributed by atoms with Gasteiger partial charge in [0.05, 0.1) is 12.2 Å². The molecule has 0 atom stereocenters. The second kappa shape index (κ2) is 11.2. The third-order valence-electron chi connectivity index (χ3n) is 5.81. The second-order valence-corrected chi connectivity index (χ2v) is 9.41. The third-order valence-corrected chi connectivity index (χ3v) is 6.90. The molecule has 3 aromatic rings. The average molecular weight is 460 g/mol. The number of aryl methyl sites for hydroxylation is 1. The Hall–Kier alpha value is -3.09. The van der Waals surface area contributed by atoms with Crippen LogP contribution in [0.1, 0.15) is 28.8 Å². The molecule has 4 rings (SSSR count). The third kappa shape index (κ3) is 6.46. The van der Waals surface area contributed by atoms with E-state index in [1.165, 1.54) is 0 Å². The Morgan fingerprint density at radius 2 is 1.58 bits per heavy atom. The van der Waals surface area contributed by atoms with Crippen LogP contribution in [0.25, 0.3) is 0 Å². The van der Waals surface area contributed by atoms with Gasteiger partial charge in [0.2, 0.25) is 5.91 Å². The SMILES string of the molecule is Cc1ccccc1C(=O)NC1CCN(CC(=O)Nc2ccccc2Sc2ccccc2)CC1. The highest BCUT2D eigenvalue weighted by Gasteiger charge is 2.23. The van der Waals surface area contributed by atoms with Crippen LogP contribution in [0.15, 0.2) is 88.7 Å². The van der Waals surface area contributed by atoms with Gasteiger partial charge in [-0.15, -0.1) is 0 Å². The van der Waals surface area contributed by atoms with Gasteiger partial charge in [0.25, 0.3) is 5.91 Å². The van der Waals surface area contributed by atoms with E-state index >= 15 is 0 Å². The van der Waals surface area contributed by atoms with Crippen molar-refractivity contribution in [3.63, 3.8) is 0 Å². The molecule has 170 valence electrons. The van der Waals surface area contributed by atoms with Gasteiger partial charge in [-0.1, -0.05) is 60.3 Å². The van der Waals surface area contributed by atoms with E-state index in [0.717, 1.165) is 52.5 Å². The quantitative estimate of drug-likeness (QED) is 0.523. The number of anilines is 1. The van der Waals surface area contributed by atoms with Crippen molar-refractivity contribution in [1.82, 2.24) is 10.2 Å². The van der Waals surface area contributed by atoms with Crippen LogP contribution >= 0.6 is 11.8 Å². The molecule has 1 aliphatic heterocycles. The van der Waals surface area contributed by atoms with E-state index in [1.54, 1.807) is 11.8 Å². The van der Waals surface area contributed by atoms with Crippen molar-refractivity contribution < 1.29 is 9.59 Å². The van der Waals surface area contributed by atoms with Crippen LogP contribution in [0.3, 0.4) is 0 Å². The van der Waals surface area contributed by atoms with Crippen molar-refractivity contribution in [2.75, 3.05) is 25.0 Å². The molecule has 5 nitrogen and oxygen atoms in total. The molecule has 33 heavy (non-hydrogen) atoms. The molecule has 2 amide bonds. The highest BCUT2D eigenvalue weighted by molar-refractivity contribution is 7.99. The Kier molecular flexibility index (Phi) is 7.81. The van der Waals surface area contributed by atoms with Crippen LogP contribution in [-0.2, 0) is 4.79 Å². The summed E-state index contributed by atoms with van der Waals surface area (Å²) in [6.45, 7) is 3.87. The standard InChI is InChI=1S/C27H29N3O2S/c1-20-9-5-6-12-23(20)27(32)28-21-15-17-30(18-16-21)19-26(31)29-24-13-7-8-14-25(24)33-22-10-3-2-4-11-22/h2-14,21H,15-19H2,1H3,(H,28,32)(H,29,31). The van der Waals surface area contributed by atoms with Crippen molar-refractivity contribution in [2.45, 2.75) is 35.6 Å². The smallest absolute Gasteiger partial charge is 0.251 e. The second-order valence-electron chi connectivity index (χ2n) is 8.30. The predicted molar refractivity (Wildman–Crippen MR) is 134 cm³/mol. The lowest BCUT2D eigenvalue weighted by Crippen LogP contribution is -2.46. The zero-order chi connectivity index (χ0) is 23.0. The molecule has 3 aromatic carbocycles. The number of carbonyl (C=O) groups excluding carboxylic acids is 2. The summed E-state index contributed by atoms with van der Waals surface area (Å²) in [6, 6.07) is 25.8. The first-order chi connectivity index (χ1) is 16.1. The molecule has 0 aromatic heterocycles. The van der Waals surface area contributed by atoms with Gasteiger partial charge in [-0.25, -0.2) is 0 Å². The molecule has 0 spiro atoms. The lowest BCUT2D eigenvalue weighted by Gasteiger charge is -2.32. The summed E-state index contributed by atoms with van der Waals surface area (Å²) >= 11 is 1.64. The van der Waals surface area contributed by atoms with Crippen molar-refractivity contribution in [3.05, 3.63) is 90.0 Å². The van der Waals surface area contributed by atoms with Gasteiger partial charge in [-0.05, 0) is 55.7 Å². The normalized spacial score (nSPS) is 14.6. The molecule has 0 unspecified atom stereocenters. The number of rotatable bonds is 7. The molecular weight excluding hydrogens is 430 g/mol. The summed E-state index contributed by atoms with van der Waals surface area (Å²) < 4.78 is 0. The molecule has 1 aliphatic rings. The van der Waals surface area contributed by atoms with Crippen LogP contribution in [0.5, 0.6) is 0 Å². The topological polar surface area (TPSA) is 61.4 Å². The molecule has 1 fully saturated rings. The monoisotopic (exact) mass is 459 g/mol. The Balaban J connectivity index is 1.26. The number of nitrogens with one attached hydrogen (secondary N) is 2. The van der Waals surface area contributed by atoms with Gasteiger partial charge in [0.1, 0.15) is 0 Å². The number of piperidine rings is 1. The van der Waals surface area contributed by atoms with E-state index in [2.05, 4.69) is 27.7 Å². The maximum absolute atomic E-state index is 12.7. The number of likely N-dealkylation sites (tertiary alicyclic amines) is 1. The molecule has 1 saturated heterocycles. The van der Waals surface area contributed by atoms with Crippen LogP contribution in [0.4, 0.5) is 5.69 Å². The van der Waals surface area contributed by atoms with Gasteiger partial charge < -0.3 is 10.6 Å². The summed E-state index contributed by atoms with van der Waals surface area (Å²) in [4.78, 5) is 29.6. The Labute approximate surface area is 199 Å². The number of nitrogens with zero attached hydrogens (tertiary/aromatic N) is 1. The van der Waals surface area contributed by atoms with E-state index in [4.69, 9.17) is 0 Å². The number of hydrogen-bond acceptors (Lipinski definition) is 4. The van der Waals surface area contributed by atoms with E-state index in [-0.39, 0.29) is 17.9 Å². The summed E-state index contributed by atoms with van der Waals surface area (Å²) in [5.41, 5.74) is 2.54. The maximum atomic E-state index is 12.7. The van der Waals surface area contributed by atoms with Gasteiger partial charge in [0.15, 0.2) is 0 Å². The molecule has 1 heterocycles. The molecule has 2 N–H and O–H groups in total. The summed E-state index contributed by atoms with van der Waals surface area (Å²) in [5.74, 6) is -0.0321. The fourth-order valence-electron chi connectivity index (χ4n) is 3.99. The molecule has 0 aliphatic carbocycles. The Morgan fingerprint density at radius 3 is 2.33 bits per heavy atom. The Morgan fingerprint density at radius 1 is 0.909 bits per heavy atom. The zero-order valence-corrected chi connectivity index (χ0v) is 19.6. The summed E-state index contributed by atoms with van der Waals surface area (Å²) in [5, 5.41) is 6.23. The number of amides is 2. The van der Waals surface area contributed by atoms with E-state index in [9.17, 15) is 9.59 Å². The summed E-state index contributed by atoms with van der Waals surface area (Å²) in [6.07, 6.45) is 1.68. The van der Waals surface area contributed by atoms with Crippen molar-refractivity contribution >= 4 is 29.3 Å². The first-order valence-electron chi connectivity index (χ1n) is 11.3. The number of para-hydroxylation sites is 1. The lowest BCUT2D eigenvalue weighted by atomic mass is 10.0. The number of hydrogen-bond donors (Lipinski definition) is 2. The van der Waals surface area contributed by atoms with Crippen LogP contribution in [0.2, 0.25) is 0 Å². The first-order valence-corrected chi connectivity index (χ1v) is 12.1. The molecule has 6 heteroatoms. The highest BCUT2D eigenvalue weighted by Crippen LogP contribution is 2.33. The van der Waals surface area contributed by atoms with Crippen LogP contribution in [0, 0.1) is 6.92 Å². The minimum atomic E-state index is -0.0168. The van der Waals surface area contributed by atoms with E-state index < -0.39 is 0 Å². The van der Waals surface area contributed by atoms with Crippen LogP contribution in [-0.4, -0.2) is 42.4 Å². The van der Waals surface area contributed by atoms with Crippen molar-refractivity contribution in [1.29, 1.82) is 0 Å². The van der Waals surface area contributed by atoms with Gasteiger partial charge in [-0.3, -0.25) is 14.5 Å². The van der Waals surface area contributed by atoms with E-state index in [0.29, 0.717) is 6.54 Å². The van der Waals surface area contributed by atoms with Crippen molar-refractivity contribution in [2.24, 2.45) is 0 Å². The maximum Gasteiger partial charge on any atom is 0.251 e. The molecule has 0 radical (unpaired) electrons. The molecule has 0 bridgehead atoms. The molecule has 0 saturated carbocycles. The summed E-state index contributed by atoms with van der Waals surface area (Å²) in [7, 11) is 0. The molecular formula is C27H29N3O2S. The first kappa shape index (κ1) is 23.1. The highest BCUT2D eigenvalue weighted by atomic mass is 32.2. The zero-order valence-electron chi connectivity index (χ0n) is 18.8. The number of benzene rings is 3. The van der Waals surface area contributed by atoms with Crippen LogP contribution < -0.4 is 10.6 Å². The van der Waals surface area contributed by atoms with Gasteiger partial charge in [0, 0.05) is 34.5 Å². The van der Waals surface area contributed by atoms with Gasteiger partial charge >= 0.3 is 0 Å². The minimum Gasteiger partial charge on any atom is -0.349 e. The predicted octanol–water partition coefficient (Wildman–Crippen LogP) is 4.98. The number of carbonyl (C=O) groups is 2. The largest absolute Gasteiger partial charge is 0.349 e. The minimum absolute atomic E-state index is 0.0153. The lowest BCUT2D eigenvalue weighted by molar-refractivity contribution is -0.117. The fourth-order valence-corrected chi connectivity index (χ4v) is 4.92. The van der Waals surface area contributed by atoms with E-state index in [1.807, 2.05) is 73.7 Å². The Bertz CT molecular complexity index is 1100. The van der Waals surface area contributed by atoms with Crippen molar-refractivity contribution in [3.8, 4) is 0 Å².